The molecule has 2 rings (SSSR count). The molecule has 0 bridgehead atoms. The number of amides is 14. The van der Waals surface area contributed by atoms with Gasteiger partial charge in [0.25, 0.3) is 0 Å². The Morgan fingerprint density at radius 3 is 1.18 bits per heavy atom. The van der Waals surface area contributed by atoms with Crippen LogP contribution in [-0.4, -0.2) is 246 Å². The zero-order valence-electron chi connectivity index (χ0n) is 58.9. The van der Waals surface area contributed by atoms with Crippen LogP contribution in [0.1, 0.15) is 120 Å². The second-order valence-corrected chi connectivity index (χ2v) is 24.9. The van der Waals surface area contributed by atoms with Crippen LogP contribution in [0.5, 0.6) is 5.75 Å². The first-order valence-electron chi connectivity index (χ1n) is 34.7. The number of aliphatic hydroxyl groups excluding tert-OH is 1. The van der Waals surface area contributed by atoms with Gasteiger partial charge in [0.2, 0.25) is 82.7 Å². The van der Waals surface area contributed by atoms with Gasteiger partial charge in [0.15, 0.2) is 0 Å². The number of carboxylic acid groups (broad SMARTS) is 1. The van der Waals surface area contributed by atoms with Gasteiger partial charge in [0, 0.05) is 30.5 Å². The number of aromatic hydroxyl groups is 1. The van der Waals surface area contributed by atoms with Crippen LogP contribution in [0.3, 0.4) is 0 Å². The highest BCUT2D eigenvalue weighted by atomic mass is 32.1. The van der Waals surface area contributed by atoms with Crippen molar-refractivity contribution in [1.82, 2.24) is 79.1 Å². The van der Waals surface area contributed by atoms with Gasteiger partial charge in [-0.15, -0.1) is 0 Å². The zero-order valence-corrected chi connectivity index (χ0v) is 59.7. The van der Waals surface area contributed by atoms with Gasteiger partial charge in [0.1, 0.15) is 66.7 Å². The summed E-state index contributed by atoms with van der Waals surface area (Å²) in [4.78, 5) is 207. The number of carbonyl (C=O) groups is 15. The van der Waals surface area contributed by atoms with Crippen molar-refractivity contribution >= 4 is 101 Å². The van der Waals surface area contributed by atoms with E-state index < -0.39 is 194 Å². The molecule has 14 amide bonds. The number of nitrogens with one attached hydrogen (secondary N) is 14. The molecule has 0 saturated carbocycles. The maximum absolute atomic E-state index is 14.5. The average Bonchev–Trinajstić information content (AvgIpc) is 1.70. The molecule has 588 valence electrons. The normalized spacial score (nSPS) is 13.8. The first kappa shape index (κ1) is 91.4. The molecule has 0 saturated heterocycles. The van der Waals surface area contributed by atoms with Crippen molar-refractivity contribution in [1.29, 1.82) is 0 Å². The minimum atomic E-state index is -1.56. The minimum Gasteiger partial charge on any atom is -0.508 e. The van der Waals surface area contributed by atoms with Crippen molar-refractivity contribution in [3.05, 3.63) is 48.0 Å². The van der Waals surface area contributed by atoms with Crippen LogP contribution in [0.15, 0.2) is 36.8 Å². The third-order valence-electron chi connectivity index (χ3n) is 15.9. The van der Waals surface area contributed by atoms with E-state index in [-0.39, 0.29) is 96.3 Å². The van der Waals surface area contributed by atoms with Gasteiger partial charge in [-0.2, -0.15) is 12.6 Å². The van der Waals surface area contributed by atoms with Gasteiger partial charge >= 0.3 is 5.97 Å². The zero-order chi connectivity index (χ0) is 78.2. The number of carbonyl (C=O) groups excluding carboxylic acids is 14. The second-order valence-electron chi connectivity index (χ2n) is 24.5. The standard InChI is InChI=1S/C64H108N22O18S/c65-22-6-1-11-41(56(96)74-30-51(90)73-31-52(91)78-43(13-3-8-24-67)59(99)81-42(12-2-7-23-66)57(97)75-32-53(92)79-48(34-87)58(98)76-33-54(93)94)82-61(101)45(15-5-10-26-69)83-63(103)47(28-38-29-72-36-77-38)85-64(104)49(35-105)86-62(102)46(20-21-50(71)89)84-60(100)44(14-4-9-25-68)80-55(95)40(70)27-37-16-18-39(88)19-17-37/h16-19,29,36,40-49,87-88,105H,1-15,20-28,30-35,65-70H2,(H2,71,89)(H,72,77)(H,73,90)(H,74,96)(H,75,97)(H,76,98)(H,78,91)(H,79,92)(H,80,95)(H,81,99)(H,82,101)(H,83,103)(H,84,100)(H,85,104)(H,86,102)(H,93,94)/t40-,41-,42-,43-,44-,45-,46-,47-,48-,49-/m0/s1. The van der Waals surface area contributed by atoms with Crippen LogP contribution in [0.25, 0.3) is 0 Å². The van der Waals surface area contributed by atoms with Crippen LogP contribution in [0.4, 0.5) is 0 Å². The number of nitrogens with zero attached hydrogens (tertiary/aromatic N) is 1. The number of aromatic amines is 1. The quantitative estimate of drug-likeness (QED) is 0.0216. The molecule has 0 fully saturated rings. The third-order valence-corrected chi connectivity index (χ3v) is 16.3. The number of imidazole rings is 1. The number of hydrogen-bond donors (Lipinski definition) is 25. The Morgan fingerprint density at radius 2 is 0.771 bits per heavy atom. The molecule has 2 aromatic rings. The number of unbranched alkanes of at least 4 members (excludes halogenated alkanes) is 5. The summed E-state index contributed by atoms with van der Waals surface area (Å²) in [7, 11) is 0. The molecule has 0 spiro atoms. The summed E-state index contributed by atoms with van der Waals surface area (Å²) in [6.07, 6.45) is 5.34. The molecule has 0 aliphatic heterocycles. The third kappa shape index (κ3) is 38.1. The number of aliphatic carboxylic acids is 1. The Balaban J connectivity index is 2.28. The molecule has 1 aromatic carbocycles. The largest absolute Gasteiger partial charge is 0.508 e. The van der Waals surface area contributed by atoms with Crippen LogP contribution in [-0.2, 0) is 84.8 Å². The number of phenols is 1. The van der Waals surface area contributed by atoms with E-state index >= 15 is 0 Å². The number of hydrogen-bond acceptors (Lipinski definition) is 25. The van der Waals surface area contributed by atoms with E-state index in [9.17, 15) is 82.1 Å². The van der Waals surface area contributed by atoms with Gasteiger partial charge in [-0.1, -0.05) is 12.1 Å². The van der Waals surface area contributed by atoms with Crippen molar-refractivity contribution in [3.8, 4) is 5.75 Å². The first-order valence-corrected chi connectivity index (χ1v) is 35.3. The molecule has 0 radical (unpaired) electrons. The molecular formula is C64H108N22O18S. The smallest absolute Gasteiger partial charge is 0.322 e. The van der Waals surface area contributed by atoms with E-state index in [2.05, 4.69) is 86.4 Å². The van der Waals surface area contributed by atoms with Crippen LogP contribution < -0.4 is 109 Å². The van der Waals surface area contributed by atoms with E-state index in [1.54, 1.807) is 12.1 Å². The SMILES string of the molecule is NCCCC[C@H](NC(=O)CNC(=O)CNC(=O)[C@H](CCCCN)NC(=O)[C@H](CCCCN)NC(=O)[C@H](Cc1cnc[nH]1)NC(=O)[C@H](CS)NC(=O)[C@H](CCC(N)=O)NC(=O)[C@H](CCCCN)NC(=O)[C@@H](N)Cc1ccc(O)cc1)C(=O)N[C@@H](CCCCN)C(=O)NCC(=O)N[C@@H](CO)C(=O)NCC(=O)O. The predicted molar refractivity (Wildman–Crippen MR) is 383 cm³/mol. The summed E-state index contributed by atoms with van der Waals surface area (Å²) < 4.78 is 0. The number of aliphatic hydroxyl groups is 1. The molecule has 0 unspecified atom stereocenters. The summed E-state index contributed by atoms with van der Waals surface area (Å²) in [5, 5.41) is 59.9. The molecule has 31 N–H and O–H groups in total. The first-order chi connectivity index (χ1) is 50.1. The van der Waals surface area contributed by atoms with Gasteiger partial charge in [-0.25, -0.2) is 4.98 Å². The summed E-state index contributed by atoms with van der Waals surface area (Å²) in [5.41, 5.74) is 41.2. The molecule has 1 heterocycles. The van der Waals surface area contributed by atoms with Gasteiger partial charge in [-0.3, -0.25) is 71.9 Å². The lowest BCUT2D eigenvalue weighted by Gasteiger charge is -2.27. The topological polar surface area (TPSA) is 684 Å². The molecule has 10 atom stereocenters. The highest BCUT2D eigenvalue weighted by Crippen LogP contribution is 2.14. The van der Waals surface area contributed by atoms with Crippen molar-refractivity contribution < 1.29 is 87.2 Å². The Bertz CT molecular complexity index is 3100. The summed E-state index contributed by atoms with van der Waals surface area (Å²) in [5.74, 6) is -14.2. The van der Waals surface area contributed by atoms with Crippen LogP contribution >= 0.6 is 12.6 Å². The van der Waals surface area contributed by atoms with E-state index in [4.69, 9.17) is 45.2 Å². The van der Waals surface area contributed by atoms with Crippen LogP contribution in [0, 0.1) is 0 Å². The number of thiol groups is 1. The Labute approximate surface area is 612 Å². The highest BCUT2D eigenvalue weighted by molar-refractivity contribution is 7.80. The Morgan fingerprint density at radius 1 is 0.419 bits per heavy atom. The molecular weight excluding hydrogens is 1400 g/mol. The summed E-state index contributed by atoms with van der Waals surface area (Å²) in [6.45, 7) is -2.78. The summed E-state index contributed by atoms with van der Waals surface area (Å²) >= 11 is 4.29. The molecule has 1 aromatic heterocycles. The van der Waals surface area contributed by atoms with Gasteiger partial charge < -0.3 is 130 Å². The number of rotatable bonds is 56. The fourth-order valence-corrected chi connectivity index (χ4v) is 10.3. The van der Waals surface area contributed by atoms with Crippen molar-refractivity contribution in [2.75, 3.05) is 71.3 Å². The van der Waals surface area contributed by atoms with Crippen LogP contribution in [0.2, 0.25) is 0 Å². The van der Waals surface area contributed by atoms with E-state index in [0.29, 0.717) is 69.0 Å². The number of phenolic OH excluding ortho intramolecular Hbond substituents is 1. The molecule has 0 aliphatic rings. The number of primary amides is 1. The fraction of sp³-hybridized carbons (Fsp3) is 0.625. The highest BCUT2D eigenvalue weighted by Gasteiger charge is 2.35. The maximum atomic E-state index is 14.5. The Hall–Kier alpha value is -9.65. The number of nitrogens with two attached hydrogens (primary N) is 7. The fourth-order valence-electron chi connectivity index (χ4n) is 10.1. The lowest BCUT2D eigenvalue weighted by atomic mass is 10.0. The van der Waals surface area contributed by atoms with E-state index in [1.807, 2.05) is 5.32 Å². The van der Waals surface area contributed by atoms with Gasteiger partial charge in [-0.05, 0) is 160 Å². The number of H-pyrrole nitrogens is 1. The average molecular weight is 1510 g/mol. The maximum Gasteiger partial charge on any atom is 0.322 e. The van der Waals surface area contributed by atoms with E-state index in [0.717, 1.165) is 0 Å². The summed E-state index contributed by atoms with van der Waals surface area (Å²) in [6, 6.07) is -7.88. The lowest BCUT2D eigenvalue weighted by molar-refractivity contribution is -0.138. The lowest BCUT2D eigenvalue weighted by Crippen LogP contribution is -2.60. The molecule has 41 heteroatoms. The number of carboxylic acids is 1. The van der Waals surface area contributed by atoms with Gasteiger partial charge in [0.05, 0.1) is 38.6 Å². The Kier molecular flexibility index (Phi) is 45.6. The second kappa shape index (κ2) is 52.3. The molecule has 40 nitrogen and oxygen atoms in total. The monoisotopic (exact) mass is 1500 g/mol. The predicted octanol–water partition coefficient (Wildman–Crippen LogP) is -9.03. The van der Waals surface area contributed by atoms with Crippen molar-refractivity contribution in [3.63, 3.8) is 0 Å². The molecule has 0 aliphatic carbocycles. The number of aromatic nitrogens is 2. The van der Waals surface area contributed by atoms with Crippen molar-refractivity contribution in [2.24, 2.45) is 40.1 Å². The number of benzene rings is 1. The minimum absolute atomic E-state index is 0.00109. The molecule has 105 heavy (non-hydrogen) atoms. The van der Waals surface area contributed by atoms with Crippen molar-refractivity contribution in [2.45, 2.75) is 182 Å². The van der Waals surface area contributed by atoms with E-state index in [1.165, 1.54) is 24.7 Å².